The number of methoxy groups -OCH3 is 1. The van der Waals surface area contributed by atoms with E-state index in [0.29, 0.717) is 17.7 Å². The molecule has 1 aliphatic heterocycles. The van der Waals surface area contributed by atoms with Crippen LogP contribution in [0.15, 0.2) is 45.8 Å². The largest absolute Gasteiger partial charge is 0.488 e. The van der Waals surface area contributed by atoms with Gasteiger partial charge in [0.05, 0.1) is 31.3 Å². The molecule has 0 saturated heterocycles. The first-order chi connectivity index (χ1) is 14.4. The maximum absolute atomic E-state index is 12.6. The second kappa shape index (κ2) is 7.89. The van der Waals surface area contributed by atoms with E-state index in [-0.39, 0.29) is 17.6 Å². The molecule has 0 amide bonds. The predicted octanol–water partition coefficient (Wildman–Crippen LogP) is 3.69. The maximum atomic E-state index is 12.6. The summed E-state index contributed by atoms with van der Waals surface area (Å²) in [6.07, 6.45) is 3.97. The number of hydrogen-bond acceptors (Lipinski definition) is 5. The van der Waals surface area contributed by atoms with Gasteiger partial charge in [0.2, 0.25) is 0 Å². The molecule has 1 aliphatic rings. The van der Waals surface area contributed by atoms with Crippen LogP contribution in [0.5, 0.6) is 5.75 Å². The molecule has 0 bridgehead atoms. The minimum absolute atomic E-state index is 0.0189. The van der Waals surface area contributed by atoms with Crippen LogP contribution in [-0.4, -0.2) is 28.9 Å². The zero-order valence-electron chi connectivity index (χ0n) is 17.4. The van der Waals surface area contributed by atoms with Crippen molar-refractivity contribution in [2.45, 2.75) is 51.0 Å². The van der Waals surface area contributed by atoms with Gasteiger partial charge in [-0.25, -0.2) is 0 Å². The van der Waals surface area contributed by atoms with Crippen molar-refractivity contribution in [1.29, 1.82) is 0 Å². The Balaban J connectivity index is 1.65. The van der Waals surface area contributed by atoms with Gasteiger partial charge in [0.15, 0.2) is 0 Å². The molecule has 0 radical (unpaired) electrons. The van der Waals surface area contributed by atoms with Gasteiger partial charge in [0, 0.05) is 12.1 Å². The monoisotopic (exact) mass is 410 g/mol. The lowest BCUT2D eigenvalue weighted by Gasteiger charge is -2.32. The van der Waals surface area contributed by atoms with Gasteiger partial charge in [-0.1, -0.05) is 12.1 Å². The van der Waals surface area contributed by atoms with Crippen LogP contribution in [-0.2, 0) is 22.4 Å². The summed E-state index contributed by atoms with van der Waals surface area (Å²) in [4.78, 5) is 24.6. The number of aromatic amines is 2. The second-order valence-electron chi connectivity index (χ2n) is 8.30. The molecule has 2 N–H and O–H groups in total. The zero-order chi connectivity index (χ0) is 21.3. The van der Waals surface area contributed by atoms with E-state index >= 15 is 0 Å². The van der Waals surface area contributed by atoms with Crippen LogP contribution in [0.3, 0.4) is 0 Å². The smallest absolute Gasteiger partial charge is 0.306 e. The number of nitrogens with one attached hydrogen (secondary N) is 2. The third-order valence-electron chi connectivity index (χ3n) is 5.62. The Kier molecular flexibility index (Phi) is 5.28. The molecule has 1 atom stereocenters. The molecule has 0 fully saturated rings. The number of fused-ring (bicyclic) bond motifs is 1. The van der Waals surface area contributed by atoms with Gasteiger partial charge in [-0.05, 0) is 56.0 Å². The van der Waals surface area contributed by atoms with E-state index in [9.17, 15) is 9.59 Å². The molecule has 158 valence electrons. The minimum atomic E-state index is -0.529. The zero-order valence-corrected chi connectivity index (χ0v) is 17.4. The number of H-pyrrole nitrogens is 2. The Morgan fingerprint density at radius 2 is 2.10 bits per heavy atom. The van der Waals surface area contributed by atoms with Crippen molar-refractivity contribution in [3.63, 3.8) is 0 Å². The molecule has 7 nitrogen and oxygen atoms in total. The summed E-state index contributed by atoms with van der Waals surface area (Å²) in [5, 5.41) is 5.65. The van der Waals surface area contributed by atoms with Gasteiger partial charge in [-0.2, -0.15) is 0 Å². The van der Waals surface area contributed by atoms with Crippen LogP contribution in [0.4, 0.5) is 0 Å². The molecule has 3 aromatic rings. The number of esters is 1. The lowest BCUT2D eigenvalue weighted by molar-refractivity contribution is -0.140. The lowest BCUT2D eigenvalue weighted by atomic mass is 9.90. The molecule has 0 spiro atoms. The number of carbonyl (C=O) groups excluding carboxylic acids is 1. The van der Waals surface area contributed by atoms with E-state index in [0.717, 1.165) is 29.8 Å². The van der Waals surface area contributed by atoms with Crippen LogP contribution >= 0.6 is 0 Å². The van der Waals surface area contributed by atoms with E-state index in [1.165, 1.54) is 18.9 Å². The highest BCUT2D eigenvalue weighted by atomic mass is 16.5. The molecule has 2 aromatic heterocycles. The summed E-state index contributed by atoms with van der Waals surface area (Å²) in [6.45, 7) is 4.19. The van der Waals surface area contributed by atoms with Crippen molar-refractivity contribution in [3.8, 4) is 5.75 Å². The second-order valence-corrected chi connectivity index (χ2v) is 8.30. The van der Waals surface area contributed by atoms with Crippen molar-refractivity contribution in [1.82, 2.24) is 10.2 Å². The number of hydrogen-bond donors (Lipinski definition) is 2. The summed E-state index contributed by atoms with van der Waals surface area (Å²) >= 11 is 0. The van der Waals surface area contributed by atoms with Gasteiger partial charge in [-0.15, -0.1) is 0 Å². The highest BCUT2D eigenvalue weighted by Crippen LogP contribution is 2.34. The van der Waals surface area contributed by atoms with Crippen LogP contribution in [0.25, 0.3) is 0 Å². The molecular weight excluding hydrogens is 384 g/mol. The standard InChI is InChI=1S/C23H26N2O5/c1-23(2)9-8-15-11-14(6-7-18(15)30-23)12-17-21(22(27)25-24-17)16(13-20(26)28-3)19-5-4-10-29-19/h4-7,10-11,16H,8-9,12-13H2,1-3H3,(H2,24,25,27)/t16-/m1/s1. The Hall–Kier alpha value is -3.22. The Bertz CT molecular complexity index is 1090. The summed E-state index contributed by atoms with van der Waals surface area (Å²) in [7, 11) is 1.33. The van der Waals surface area contributed by atoms with E-state index in [2.05, 4.69) is 30.1 Å². The highest BCUT2D eigenvalue weighted by molar-refractivity contribution is 5.71. The first-order valence-electron chi connectivity index (χ1n) is 10.1. The number of carbonyl (C=O) groups is 1. The lowest BCUT2D eigenvalue weighted by Crippen LogP contribution is -2.32. The van der Waals surface area contributed by atoms with E-state index in [1.54, 1.807) is 12.1 Å². The molecule has 4 rings (SSSR count). The fraction of sp³-hybridized carbons (Fsp3) is 0.391. The van der Waals surface area contributed by atoms with Gasteiger partial charge in [-0.3, -0.25) is 14.7 Å². The SMILES string of the molecule is COC(=O)C[C@H](c1ccco1)c1c(Cc2ccc3c(c2)CCC(C)(C)O3)[nH][nH]c1=O. The molecule has 0 aliphatic carbocycles. The fourth-order valence-corrected chi connectivity index (χ4v) is 4.02. The summed E-state index contributed by atoms with van der Waals surface area (Å²) in [6, 6.07) is 9.64. The van der Waals surface area contributed by atoms with Crippen molar-refractivity contribution >= 4 is 5.97 Å². The number of aromatic nitrogens is 2. The third kappa shape index (κ3) is 4.06. The van der Waals surface area contributed by atoms with Crippen LogP contribution in [0.1, 0.15) is 60.8 Å². The van der Waals surface area contributed by atoms with Crippen molar-refractivity contribution in [3.05, 3.63) is 75.1 Å². The van der Waals surface area contributed by atoms with Gasteiger partial charge >= 0.3 is 5.97 Å². The third-order valence-corrected chi connectivity index (χ3v) is 5.62. The number of rotatable bonds is 6. The van der Waals surface area contributed by atoms with Crippen molar-refractivity contribution in [2.75, 3.05) is 7.11 Å². The molecule has 0 saturated carbocycles. The Labute approximate surface area is 174 Å². The van der Waals surface area contributed by atoms with Crippen LogP contribution in [0, 0.1) is 0 Å². The number of furan rings is 1. The molecular formula is C23H26N2O5. The van der Waals surface area contributed by atoms with Crippen LogP contribution in [0.2, 0.25) is 0 Å². The van der Waals surface area contributed by atoms with E-state index in [1.807, 2.05) is 12.1 Å². The fourth-order valence-electron chi connectivity index (χ4n) is 4.02. The first-order valence-corrected chi connectivity index (χ1v) is 10.1. The Morgan fingerprint density at radius 3 is 2.83 bits per heavy atom. The molecule has 3 heterocycles. The first kappa shape index (κ1) is 20.1. The average Bonchev–Trinajstić information content (AvgIpc) is 3.36. The normalized spacial score (nSPS) is 15.8. The summed E-state index contributed by atoms with van der Waals surface area (Å²) < 4.78 is 16.4. The van der Waals surface area contributed by atoms with Crippen LogP contribution < -0.4 is 10.3 Å². The number of ether oxygens (including phenoxy) is 2. The van der Waals surface area contributed by atoms with Gasteiger partial charge in [0.1, 0.15) is 17.1 Å². The number of benzene rings is 1. The number of aryl methyl sites for hydroxylation is 1. The molecule has 0 unspecified atom stereocenters. The molecule has 1 aromatic carbocycles. The highest BCUT2D eigenvalue weighted by Gasteiger charge is 2.29. The quantitative estimate of drug-likeness (QED) is 0.604. The predicted molar refractivity (Wildman–Crippen MR) is 111 cm³/mol. The molecule has 30 heavy (non-hydrogen) atoms. The maximum Gasteiger partial charge on any atom is 0.306 e. The van der Waals surface area contributed by atoms with Crippen molar-refractivity contribution < 1.29 is 18.7 Å². The summed E-state index contributed by atoms with van der Waals surface area (Å²) in [5.41, 5.74) is 3.02. The minimum Gasteiger partial charge on any atom is -0.488 e. The topological polar surface area (TPSA) is 97.3 Å². The summed E-state index contributed by atoms with van der Waals surface area (Å²) in [5.74, 6) is 0.528. The van der Waals surface area contributed by atoms with E-state index < -0.39 is 11.9 Å². The Morgan fingerprint density at radius 1 is 1.27 bits per heavy atom. The molecule has 7 heteroatoms. The van der Waals surface area contributed by atoms with Crippen molar-refractivity contribution in [2.24, 2.45) is 0 Å². The average molecular weight is 410 g/mol. The van der Waals surface area contributed by atoms with E-state index in [4.69, 9.17) is 13.9 Å². The van der Waals surface area contributed by atoms with Gasteiger partial charge in [0.25, 0.3) is 5.56 Å². The van der Waals surface area contributed by atoms with Gasteiger partial charge < -0.3 is 19.0 Å².